The van der Waals surface area contributed by atoms with Gasteiger partial charge in [-0.3, -0.25) is 0 Å². The van der Waals surface area contributed by atoms with E-state index in [2.05, 4.69) is 6.07 Å². The minimum atomic E-state index is -2.79. The summed E-state index contributed by atoms with van der Waals surface area (Å²) in [6, 6.07) is 2.21. The van der Waals surface area contributed by atoms with E-state index in [4.69, 9.17) is 5.26 Å². The van der Waals surface area contributed by atoms with E-state index < -0.39 is 9.84 Å². The summed E-state index contributed by atoms with van der Waals surface area (Å²) in [6.45, 7) is 0. The van der Waals surface area contributed by atoms with Crippen LogP contribution in [0.1, 0.15) is 44.9 Å². The molecule has 0 N–H and O–H groups in total. The van der Waals surface area contributed by atoms with Crippen LogP contribution in [-0.4, -0.2) is 20.4 Å². The normalized spacial score (nSPS) is 36.0. The van der Waals surface area contributed by atoms with Gasteiger partial charge in [0, 0.05) is 18.4 Å². The van der Waals surface area contributed by atoms with Gasteiger partial charge in [0.05, 0.1) is 6.07 Å². The third-order valence-corrected chi connectivity index (χ3v) is 5.27. The van der Waals surface area contributed by atoms with E-state index in [0.717, 1.165) is 19.3 Å². The molecule has 2 bridgehead atoms. The Hall–Kier alpha value is -0.560. The Kier molecular flexibility index (Phi) is 2.78. The standard InChI is InChI=1S/C12H19NO2S/c1-16(14,15)7-3-5-12-8-11(9-12,10-12)4-2-6-13/h2-5,7-10H2,1H3. The van der Waals surface area contributed by atoms with Crippen LogP contribution in [0.2, 0.25) is 0 Å². The molecule has 16 heavy (non-hydrogen) atoms. The van der Waals surface area contributed by atoms with E-state index in [1.807, 2.05) is 0 Å². The van der Waals surface area contributed by atoms with Crippen molar-refractivity contribution in [3.8, 4) is 6.07 Å². The second-order valence-corrected chi connectivity index (χ2v) is 8.18. The molecule has 0 amide bonds. The lowest BCUT2D eigenvalue weighted by Gasteiger charge is -2.71. The summed E-state index contributed by atoms with van der Waals surface area (Å²) in [6.07, 6.45) is 8.64. The molecular formula is C12H19NO2S. The summed E-state index contributed by atoms with van der Waals surface area (Å²) in [7, 11) is -2.79. The topological polar surface area (TPSA) is 57.9 Å². The summed E-state index contributed by atoms with van der Waals surface area (Å²) < 4.78 is 22.0. The second-order valence-electron chi connectivity index (χ2n) is 5.92. The van der Waals surface area contributed by atoms with Crippen LogP contribution in [0.5, 0.6) is 0 Å². The lowest BCUT2D eigenvalue weighted by atomic mass is 9.33. The fourth-order valence-electron chi connectivity index (χ4n) is 3.79. The number of nitriles is 1. The minimum Gasteiger partial charge on any atom is -0.229 e. The van der Waals surface area contributed by atoms with Gasteiger partial charge in [-0.15, -0.1) is 0 Å². The molecule has 3 aliphatic carbocycles. The molecule has 3 saturated carbocycles. The maximum Gasteiger partial charge on any atom is 0.147 e. The molecular weight excluding hydrogens is 222 g/mol. The molecule has 0 heterocycles. The Morgan fingerprint density at radius 2 is 1.75 bits per heavy atom. The third kappa shape index (κ3) is 2.24. The van der Waals surface area contributed by atoms with E-state index >= 15 is 0 Å². The molecule has 0 aliphatic heterocycles. The van der Waals surface area contributed by atoms with Gasteiger partial charge in [0.15, 0.2) is 0 Å². The van der Waals surface area contributed by atoms with Gasteiger partial charge >= 0.3 is 0 Å². The Morgan fingerprint density at radius 3 is 2.25 bits per heavy atom. The predicted molar refractivity (Wildman–Crippen MR) is 62.5 cm³/mol. The molecule has 0 aromatic heterocycles. The van der Waals surface area contributed by atoms with Gasteiger partial charge in [-0.1, -0.05) is 0 Å². The van der Waals surface area contributed by atoms with Crippen molar-refractivity contribution in [2.75, 3.05) is 12.0 Å². The maximum atomic E-state index is 11.0. The molecule has 3 nitrogen and oxygen atoms in total. The van der Waals surface area contributed by atoms with Crippen molar-refractivity contribution in [1.82, 2.24) is 0 Å². The van der Waals surface area contributed by atoms with Crippen LogP contribution in [0, 0.1) is 22.2 Å². The van der Waals surface area contributed by atoms with Crippen molar-refractivity contribution in [1.29, 1.82) is 5.26 Å². The molecule has 0 spiro atoms. The molecule has 3 rings (SSSR count). The molecule has 0 atom stereocenters. The lowest BCUT2D eigenvalue weighted by molar-refractivity contribution is -0.210. The Morgan fingerprint density at radius 1 is 1.19 bits per heavy atom. The second kappa shape index (κ2) is 3.73. The van der Waals surface area contributed by atoms with Crippen molar-refractivity contribution in [2.45, 2.75) is 44.9 Å². The highest BCUT2D eigenvalue weighted by molar-refractivity contribution is 7.90. The largest absolute Gasteiger partial charge is 0.229 e. The number of hydrogen-bond acceptors (Lipinski definition) is 3. The van der Waals surface area contributed by atoms with Crippen LogP contribution in [0.15, 0.2) is 0 Å². The first-order valence-corrected chi connectivity index (χ1v) is 8.00. The molecule has 4 heteroatoms. The maximum absolute atomic E-state index is 11.0. The zero-order valence-corrected chi connectivity index (χ0v) is 10.6. The minimum absolute atomic E-state index is 0.333. The SMILES string of the molecule is CS(=O)(=O)CCCC12CC(CCC#N)(C1)C2. The summed E-state index contributed by atoms with van der Waals surface area (Å²) in [5, 5.41) is 8.54. The molecule has 0 aromatic rings. The number of hydrogen-bond donors (Lipinski definition) is 0. The van der Waals surface area contributed by atoms with Crippen molar-refractivity contribution >= 4 is 9.84 Å². The average molecular weight is 241 g/mol. The average Bonchev–Trinajstić information content (AvgIpc) is 2.03. The van der Waals surface area contributed by atoms with Gasteiger partial charge in [0.1, 0.15) is 9.84 Å². The van der Waals surface area contributed by atoms with Gasteiger partial charge < -0.3 is 0 Å². The van der Waals surface area contributed by atoms with Gasteiger partial charge in [0.2, 0.25) is 0 Å². The quantitative estimate of drug-likeness (QED) is 0.717. The van der Waals surface area contributed by atoms with Gasteiger partial charge in [0.25, 0.3) is 0 Å². The van der Waals surface area contributed by atoms with Crippen molar-refractivity contribution in [2.24, 2.45) is 10.8 Å². The van der Waals surface area contributed by atoms with Crippen LogP contribution in [0.3, 0.4) is 0 Å². The Balaban J connectivity index is 1.68. The van der Waals surface area contributed by atoms with E-state index in [1.54, 1.807) is 0 Å². The zero-order chi connectivity index (χ0) is 11.9. The first kappa shape index (κ1) is 11.9. The fraction of sp³-hybridized carbons (Fsp3) is 0.917. The van der Waals surface area contributed by atoms with Crippen LogP contribution in [0.25, 0.3) is 0 Å². The molecule has 0 radical (unpaired) electrons. The van der Waals surface area contributed by atoms with Crippen LogP contribution in [-0.2, 0) is 9.84 Å². The zero-order valence-electron chi connectivity index (χ0n) is 9.83. The van der Waals surface area contributed by atoms with Gasteiger partial charge in [-0.2, -0.15) is 5.26 Å². The molecule has 3 aliphatic rings. The molecule has 0 aromatic carbocycles. The summed E-state index contributed by atoms with van der Waals surface area (Å²) in [4.78, 5) is 0. The Bertz CT molecular complexity index is 399. The third-order valence-electron chi connectivity index (χ3n) is 4.24. The highest BCUT2D eigenvalue weighted by Crippen LogP contribution is 2.76. The van der Waals surface area contributed by atoms with E-state index in [1.165, 1.54) is 25.5 Å². The van der Waals surface area contributed by atoms with Crippen molar-refractivity contribution in [3.05, 3.63) is 0 Å². The fourth-order valence-corrected chi connectivity index (χ4v) is 4.46. The first-order chi connectivity index (χ1) is 7.39. The van der Waals surface area contributed by atoms with Crippen molar-refractivity contribution in [3.63, 3.8) is 0 Å². The van der Waals surface area contributed by atoms with E-state index in [9.17, 15) is 8.42 Å². The smallest absolute Gasteiger partial charge is 0.147 e. The highest BCUT2D eigenvalue weighted by Gasteiger charge is 2.65. The molecule has 0 saturated heterocycles. The van der Waals surface area contributed by atoms with E-state index in [-0.39, 0.29) is 0 Å². The van der Waals surface area contributed by atoms with Crippen LogP contribution >= 0.6 is 0 Å². The Labute approximate surface area is 97.8 Å². The van der Waals surface area contributed by atoms with Crippen LogP contribution < -0.4 is 0 Å². The monoisotopic (exact) mass is 241 g/mol. The number of rotatable bonds is 6. The van der Waals surface area contributed by atoms with Crippen molar-refractivity contribution < 1.29 is 8.42 Å². The van der Waals surface area contributed by atoms with E-state index in [0.29, 0.717) is 23.0 Å². The summed E-state index contributed by atoms with van der Waals surface area (Å²) >= 11 is 0. The highest BCUT2D eigenvalue weighted by atomic mass is 32.2. The number of sulfone groups is 1. The van der Waals surface area contributed by atoms with Gasteiger partial charge in [-0.25, -0.2) is 8.42 Å². The van der Waals surface area contributed by atoms with Gasteiger partial charge in [-0.05, 0) is 49.4 Å². The molecule has 90 valence electrons. The predicted octanol–water partition coefficient (Wildman–Crippen LogP) is 2.29. The molecule has 0 unspecified atom stereocenters. The van der Waals surface area contributed by atoms with Crippen LogP contribution in [0.4, 0.5) is 0 Å². The molecule has 3 fully saturated rings. The number of nitrogens with zero attached hydrogens (tertiary/aromatic N) is 1. The first-order valence-electron chi connectivity index (χ1n) is 5.94. The summed E-state index contributed by atoms with van der Waals surface area (Å²) in [5.74, 6) is 0.333. The summed E-state index contributed by atoms with van der Waals surface area (Å²) in [5.41, 5.74) is 0.959. The lowest BCUT2D eigenvalue weighted by Crippen LogP contribution is -2.61.